The Labute approximate surface area is 132 Å². The standard InChI is InChI=1S/C18H25NO3/c1-14(20)22-18(2,3)17(21)19-12-8-7-11-16(13-19)15-9-5-4-6-10-15/h4-6,9-10,16H,7-8,11-13H2,1-3H3/t16-/m1/s1. The summed E-state index contributed by atoms with van der Waals surface area (Å²) in [5.41, 5.74) is 0.171. The number of carbonyl (C=O) groups excluding carboxylic acids is 2. The average molecular weight is 303 g/mol. The Balaban J connectivity index is 2.13. The van der Waals surface area contributed by atoms with Gasteiger partial charge in [0.05, 0.1) is 0 Å². The predicted molar refractivity (Wildman–Crippen MR) is 85.5 cm³/mol. The quantitative estimate of drug-likeness (QED) is 0.806. The molecule has 2 rings (SSSR count). The number of benzene rings is 1. The molecular weight excluding hydrogens is 278 g/mol. The first-order valence-electron chi connectivity index (χ1n) is 7.94. The van der Waals surface area contributed by atoms with E-state index in [1.54, 1.807) is 13.8 Å². The molecule has 1 aliphatic heterocycles. The lowest BCUT2D eigenvalue weighted by molar-refractivity contribution is -0.168. The minimum Gasteiger partial charge on any atom is -0.450 e. The molecule has 1 fully saturated rings. The number of hydrogen-bond donors (Lipinski definition) is 0. The first-order chi connectivity index (χ1) is 10.4. The summed E-state index contributed by atoms with van der Waals surface area (Å²) in [5.74, 6) is -0.181. The zero-order valence-electron chi connectivity index (χ0n) is 13.7. The fraction of sp³-hybridized carbons (Fsp3) is 0.556. The van der Waals surface area contributed by atoms with Gasteiger partial charge in [-0.2, -0.15) is 0 Å². The number of hydrogen-bond acceptors (Lipinski definition) is 3. The summed E-state index contributed by atoms with van der Waals surface area (Å²) >= 11 is 0. The van der Waals surface area contributed by atoms with E-state index in [-0.39, 0.29) is 5.91 Å². The van der Waals surface area contributed by atoms with Gasteiger partial charge in [0, 0.05) is 25.9 Å². The third-order valence-electron chi connectivity index (χ3n) is 4.14. The molecular formula is C18H25NO3. The zero-order valence-corrected chi connectivity index (χ0v) is 13.7. The van der Waals surface area contributed by atoms with E-state index >= 15 is 0 Å². The normalized spacial score (nSPS) is 19.4. The van der Waals surface area contributed by atoms with E-state index in [0.717, 1.165) is 25.8 Å². The molecule has 1 heterocycles. The highest BCUT2D eigenvalue weighted by Crippen LogP contribution is 2.28. The topological polar surface area (TPSA) is 46.6 Å². The van der Waals surface area contributed by atoms with Crippen LogP contribution >= 0.6 is 0 Å². The number of rotatable bonds is 3. The molecule has 0 bridgehead atoms. The van der Waals surface area contributed by atoms with Crippen LogP contribution in [0.3, 0.4) is 0 Å². The van der Waals surface area contributed by atoms with Crippen LogP contribution in [0, 0.1) is 0 Å². The third kappa shape index (κ3) is 4.09. The molecule has 0 spiro atoms. The molecule has 0 unspecified atom stereocenters. The second kappa shape index (κ2) is 6.95. The van der Waals surface area contributed by atoms with Crippen LogP contribution in [-0.4, -0.2) is 35.5 Å². The number of nitrogens with zero attached hydrogens (tertiary/aromatic N) is 1. The highest BCUT2D eigenvalue weighted by Gasteiger charge is 2.36. The van der Waals surface area contributed by atoms with Crippen LogP contribution in [0.5, 0.6) is 0 Å². The summed E-state index contributed by atoms with van der Waals surface area (Å²) < 4.78 is 5.20. The van der Waals surface area contributed by atoms with Gasteiger partial charge in [-0.3, -0.25) is 9.59 Å². The summed E-state index contributed by atoms with van der Waals surface area (Å²) in [4.78, 5) is 25.8. The van der Waals surface area contributed by atoms with E-state index in [2.05, 4.69) is 12.1 Å². The molecule has 4 heteroatoms. The molecule has 0 aliphatic carbocycles. The summed E-state index contributed by atoms with van der Waals surface area (Å²) in [5, 5.41) is 0. The van der Waals surface area contributed by atoms with Crippen LogP contribution < -0.4 is 0 Å². The van der Waals surface area contributed by atoms with Crippen LogP contribution in [-0.2, 0) is 14.3 Å². The Hall–Kier alpha value is -1.84. The summed E-state index contributed by atoms with van der Waals surface area (Å²) in [6, 6.07) is 10.3. The lowest BCUT2D eigenvalue weighted by Gasteiger charge is -2.32. The molecule has 4 nitrogen and oxygen atoms in total. The Kier molecular flexibility index (Phi) is 5.22. The van der Waals surface area contributed by atoms with Crippen molar-refractivity contribution in [3.8, 4) is 0 Å². The van der Waals surface area contributed by atoms with Gasteiger partial charge in [-0.15, -0.1) is 0 Å². The zero-order chi connectivity index (χ0) is 16.2. The molecule has 1 aromatic rings. The Bertz CT molecular complexity index is 524. The van der Waals surface area contributed by atoms with Gasteiger partial charge in [-0.05, 0) is 32.3 Å². The Morgan fingerprint density at radius 1 is 1.18 bits per heavy atom. The number of amides is 1. The molecule has 22 heavy (non-hydrogen) atoms. The Morgan fingerprint density at radius 3 is 2.50 bits per heavy atom. The van der Waals surface area contributed by atoms with E-state index in [9.17, 15) is 9.59 Å². The number of carbonyl (C=O) groups is 2. The summed E-state index contributed by atoms with van der Waals surface area (Å²) in [7, 11) is 0. The van der Waals surface area contributed by atoms with Crippen LogP contribution in [0.4, 0.5) is 0 Å². The highest BCUT2D eigenvalue weighted by molar-refractivity contribution is 5.86. The van der Waals surface area contributed by atoms with Gasteiger partial charge >= 0.3 is 5.97 Å². The van der Waals surface area contributed by atoms with Crippen molar-refractivity contribution in [1.29, 1.82) is 0 Å². The number of likely N-dealkylation sites (tertiary alicyclic amines) is 1. The van der Waals surface area contributed by atoms with Crippen molar-refractivity contribution < 1.29 is 14.3 Å². The van der Waals surface area contributed by atoms with E-state index in [1.807, 2.05) is 23.1 Å². The first kappa shape index (κ1) is 16.5. The first-order valence-corrected chi connectivity index (χ1v) is 7.94. The van der Waals surface area contributed by atoms with Crippen LogP contribution in [0.1, 0.15) is 51.5 Å². The van der Waals surface area contributed by atoms with E-state index < -0.39 is 11.6 Å². The van der Waals surface area contributed by atoms with Crippen molar-refractivity contribution in [2.24, 2.45) is 0 Å². The number of esters is 1. The molecule has 0 N–H and O–H groups in total. The maximum Gasteiger partial charge on any atom is 0.303 e. The highest BCUT2D eigenvalue weighted by atomic mass is 16.6. The van der Waals surface area contributed by atoms with E-state index in [4.69, 9.17) is 4.74 Å². The fourth-order valence-electron chi connectivity index (χ4n) is 3.11. The molecule has 1 aromatic carbocycles. The van der Waals surface area contributed by atoms with Crippen LogP contribution in [0.25, 0.3) is 0 Å². The van der Waals surface area contributed by atoms with Gasteiger partial charge < -0.3 is 9.64 Å². The van der Waals surface area contributed by atoms with Crippen molar-refractivity contribution in [2.45, 2.75) is 51.6 Å². The summed E-state index contributed by atoms with van der Waals surface area (Å²) in [6.07, 6.45) is 3.18. The second-order valence-electron chi connectivity index (χ2n) is 6.46. The smallest absolute Gasteiger partial charge is 0.303 e. The molecule has 0 radical (unpaired) electrons. The van der Waals surface area contributed by atoms with Gasteiger partial charge in [-0.25, -0.2) is 0 Å². The minimum absolute atomic E-state index is 0.106. The van der Waals surface area contributed by atoms with E-state index in [0.29, 0.717) is 12.5 Å². The average Bonchev–Trinajstić information content (AvgIpc) is 2.72. The van der Waals surface area contributed by atoms with Crippen molar-refractivity contribution >= 4 is 11.9 Å². The molecule has 1 amide bonds. The van der Waals surface area contributed by atoms with Gasteiger partial charge in [0.2, 0.25) is 0 Å². The monoisotopic (exact) mass is 303 g/mol. The van der Waals surface area contributed by atoms with Crippen LogP contribution in [0.15, 0.2) is 30.3 Å². The molecule has 1 aliphatic rings. The van der Waals surface area contributed by atoms with Crippen LogP contribution in [0.2, 0.25) is 0 Å². The Morgan fingerprint density at radius 2 is 1.86 bits per heavy atom. The maximum atomic E-state index is 12.7. The van der Waals surface area contributed by atoms with Crippen molar-refractivity contribution in [2.75, 3.05) is 13.1 Å². The van der Waals surface area contributed by atoms with Gasteiger partial charge in [-0.1, -0.05) is 36.8 Å². The maximum absolute atomic E-state index is 12.7. The van der Waals surface area contributed by atoms with Gasteiger partial charge in [0.1, 0.15) is 0 Å². The van der Waals surface area contributed by atoms with Gasteiger partial charge in [0.25, 0.3) is 5.91 Å². The lowest BCUT2D eigenvalue weighted by atomic mass is 9.94. The second-order valence-corrected chi connectivity index (χ2v) is 6.46. The van der Waals surface area contributed by atoms with Gasteiger partial charge in [0.15, 0.2) is 5.60 Å². The minimum atomic E-state index is -1.10. The molecule has 1 atom stereocenters. The largest absolute Gasteiger partial charge is 0.450 e. The molecule has 0 aromatic heterocycles. The third-order valence-corrected chi connectivity index (χ3v) is 4.14. The number of ether oxygens (including phenoxy) is 1. The fourth-order valence-corrected chi connectivity index (χ4v) is 3.11. The SMILES string of the molecule is CC(=O)OC(C)(C)C(=O)N1CCCC[C@@H](c2ccccc2)C1. The molecule has 1 saturated heterocycles. The van der Waals surface area contributed by atoms with Crippen molar-refractivity contribution in [3.05, 3.63) is 35.9 Å². The van der Waals surface area contributed by atoms with Crippen molar-refractivity contribution in [1.82, 2.24) is 4.90 Å². The summed E-state index contributed by atoms with van der Waals surface area (Å²) in [6.45, 7) is 6.09. The van der Waals surface area contributed by atoms with Crippen molar-refractivity contribution in [3.63, 3.8) is 0 Å². The molecule has 0 saturated carbocycles. The predicted octanol–water partition coefficient (Wildman–Crippen LogP) is 3.12. The molecule has 120 valence electrons. The van der Waals surface area contributed by atoms with E-state index in [1.165, 1.54) is 12.5 Å². The lowest BCUT2D eigenvalue weighted by Crippen LogP contribution is -2.48.